The zero-order valence-corrected chi connectivity index (χ0v) is 14.4. The van der Waals surface area contributed by atoms with Crippen molar-refractivity contribution in [1.82, 2.24) is 14.9 Å². The van der Waals surface area contributed by atoms with E-state index in [9.17, 15) is 4.79 Å². The maximum Gasteiger partial charge on any atom is 0.263 e. The van der Waals surface area contributed by atoms with Crippen molar-refractivity contribution in [2.24, 2.45) is 0 Å². The van der Waals surface area contributed by atoms with Crippen LogP contribution in [0.3, 0.4) is 0 Å². The van der Waals surface area contributed by atoms with Gasteiger partial charge in [-0.15, -0.1) is 11.3 Å². The summed E-state index contributed by atoms with van der Waals surface area (Å²) in [5.74, 6) is -0.0281. The first-order valence-corrected chi connectivity index (χ1v) is 8.23. The van der Waals surface area contributed by atoms with E-state index < -0.39 is 0 Å². The van der Waals surface area contributed by atoms with Gasteiger partial charge in [0.25, 0.3) is 5.91 Å². The summed E-state index contributed by atoms with van der Waals surface area (Å²) < 4.78 is 0. The first kappa shape index (κ1) is 15.5. The number of hydrogen-bond acceptors (Lipinski definition) is 5. The number of thioether (sulfide) groups is 1. The third-order valence-electron chi connectivity index (χ3n) is 2.67. The Morgan fingerprint density at radius 3 is 2.55 bits per heavy atom. The minimum absolute atomic E-state index is 0.0281. The molecule has 0 atom stereocenters. The van der Waals surface area contributed by atoms with Gasteiger partial charge in [-0.2, -0.15) is 0 Å². The normalized spacial score (nSPS) is 11.3. The van der Waals surface area contributed by atoms with Gasteiger partial charge < -0.3 is 4.90 Å². The van der Waals surface area contributed by atoms with Crippen LogP contribution in [0.2, 0.25) is 5.15 Å². The smallest absolute Gasteiger partial charge is 0.263 e. The fourth-order valence-corrected chi connectivity index (χ4v) is 4.13. The molecule has 0 aliphatic heterocycles. The highest BCUT2D eigenvalue weighted by molar-refractivity contribution is 7.99. The van der Waals surface area contributed by atoms with Crippen LogP contribution in [0, 0.1) is 6.92 Å². The van der Waals surface area contributed by atoms with Crippen LogP contribution in [-0.2, 0) is 0 Å². The number of hydrogen-bond donors (Lipinski definition) is 0. The summed E-state index contributed by atoms with van der Waals surface area (Å²) in [5.41, 5.74) is 0.856. The highest BCUT2D eigenvalue weighted by atomic mass is 35.5. The number of carbonyl (C=O) groups excluding carboxylic acids is 1. The number of thiophene rings is 1. The Morgan fingerprint density at radius 2 is 2.00 bits per heavy atom. The lowest BCUT2D eigenvalue weighted by Gasteiger charge is -2.08. The van der Waals surface area contributed by atoms with Gasteiger partial charge in [0.15, 0.2) is 5.16 Å². The second-order valence-electron chi connectivity index (χ2n) is 4.90. The van der Waals surface area contributed by atoms with Crippen molar-refractivity contribution in [3.8, 4) is 0 Å². The Bertz CT molecular complexity index is 667. The molecule has 0 aliphatic carbocycles. The summed E-state index contributed by atoms with van der Waals surface area (Å²) >= 11 is 9.20. The Labute approximate surface area is 131 Å². The van der Waals surface area contributed by atoms with Gasteiger partial charge in [0, 0.05) is 19.3 Å². The van der Waals surface area contributed by atoms with Crippen molar-refractivity contribution in [2.75, 3.05) is 14.1 Å². The van der Waals surface area contributed by atoms with Gasteiger partial charge in [-0.25, -0.2) is 9.97 Å². The van der Waals surface area contributed by atoms with Crippen LogP contribution in [0.4, 0.5) is 0 Å². The Morgan fingerprint density at radius 1 is 1.35 bits per heavy atom. The first-order chi connectivity index (χ1) is 9.31. The maximum atomic E-state index is 12.1. The molecular weight excluding hydrogens is 314 g/mol. The van der Waals surface area contributed by atoms with E-state index in [1.165, 1.54) is 11.3 Å². The second-order valence-corrected chi connectivity index (χ2v) is 7.80. The van der Waals surface area contributed by atoms with E-state index in [2.05, 4.69) is 23.8 Å². The van der Waals surface area contributed by atoms with Gasteiger partial charge in [-0.3, -0.25) is 4.79 Å². The van der Waals surface area contributed by atoms with E-state index in [1.807, 2.05) is 6.92 Å². The second kappa shape index (κ2) is 5.87. The van der Waals surface area contributed by atoms with E-state index in [0.717, 1.165) is 15.8 Å². The van der Waals surface area contributed by atoms with Gasteiger partial charge in [0.1, 0.15) is 9.98 Å². The van der Waals surface area contributed by atoms with Crippen LogP contribution in [-0.4, -0.2) is 40.1 Å². The highest BCUT2D eigenvalue weighted by Gasteiger charge is 2.21. The average molecular weight is 330 g/mol. The molecule has 0 N–H and O–H groups in total. The molecule has 2 heterocycles. The molecule has 0 unspecified atom stereocenters. The minimum atomic E-state index is -0.0281. The van der Waals surface area contributed by atoms with E-state index >= 15 is 0 Å². The summed E-state index contributed by atoms with van der Waals surface area (Å²) in [4.78, 5) is 24.0. The standard InChI is InChI=1S/C13H16ClN3OS2/c1-6(2)19-13-15-10(14)8-7(3)9(12(18)17(4)5)20-11(8)16-13/h6H,1-5H3. The molecule has 2 aromatic rings. The topological polar surface area (TPSA) is 46.1 Å². The molecule has 0 aliphatic rings. The lowest BCUT2D eigenvalue weighted by atomic mass is 10.2. The molecule has 108 valence electrons. The number of aromatic nitrogens is 2. The summed E-state index contributed by atoms with van der Waals surface area (Å²) in [6, 6.07) is 0. The molecule has 20 heavy (non-hydrogen) atoms. The Kier molecular flexibility index (Phi) is 4.56. The van der Waals surface area contributed by atoms with Crippen molar-refractivity contribution < 1.29 is 4.79 Å². The predicted octanol–water partition coefficient (Wildman–Crippen LogP) is 3.86. The predicted molar refractivity (Wildman–Crippen MR) is 86.2 cm³/mol. The van der Waals surface area contributed by atoms with Crippen molar-refractivity contribution in [3.63, 3.8) is 0 Å². The zero-order chi connectivity index (χ0) is 15.0. The molecule has 0 radical (unpaired) electrons. The maximum absolute atomic E-state index is 12.1. The Hall–Kier alpha value is -0.850. The molecule has 0 saturated carbocycles. The van der Waals surface area contributed by atoms with Crippen LogP contribution in [0.25, 0.3) is 10.2 Å². The minimum Gasteiger partial charge on any atom is -0.344 e. The van der Waals surface area contributed by atoms with Crippen LogP contribution >= 0.6 is 34.7 Å². The molecule has 0 spiro atoms. The van der Waals surface area contributed by atoms with Crippen molar-refractivity contribution in [3.05, 3.63) is 15.6 Å². The first-order valence-electron chi connectivity index (χ1n) is 6.16. The number of nitrogens with zero attached hydrogens (tertiary/aromatic N) is 3. The molecule has 2 rings (SSSR count). The van der Waals surface area contributed by atoms with E-state index in [-0.39, 0.29) is 5.91 Å². The van der Waals surface area contributed by atoms with Gasteiger partial charge in [0.2, 0.25) is 0 Å². The van der Waals surface area contributed by atoms with Crippen LogP contribution in [0.5, 0.6) is 0 Å². The van der Waals surface area contributed by atoms with E-state index in [4.69, 9.17) is 11.6 Å². The fraction of sp³-hybridized carbons (Fsp3) is 0.462. The summed E-state index contributed by atoms with van der Waals surface area (Å²) in [7, 11) is 3.47. The summed E-state index contributed by atoms with van der Waals surface area (Å²) in [6.45, 7) is 6.04. The third-order valence-corrected chi connectivity index (χ3v) is 4.98. The molecule has 0 aromatic carbocycles. The van der Waals surface area contributed by atoms with E-state index in [0.29, 0.717) is 20.4 Å². The molecule has 1 amide bonds. The fourth-order valence-electron chi connectivity index (χ4n) is 1.74. The van der Waals surface area contributed by atoms with E-state index in [1.54, 1.807) is 30.8 Å². The quantitative estimate of drug-likeness (QED) is 0.487. The van der Waals surface area contributed by atoms with Crippen molar-refractivity contribution in [2.45, 2.75) is 31.2 Å². The number of amides is 1. The van der Waals surface area contributed by atoms with Gasteiger partial charge >= 0.3 is 0 Å². The third kappa shape index (κ3) is 2.92. The largest absolute Gasteiger partial charge is 0.344 e. The van der Waals surface area contributed by atoms with Gasteiger partial charge in [0.05, 0.1) is 10.3 Å². The highest BCUT2D eigenvalue weighted by Crippen LogP contribution is 2.35. The molecule has 0 bridgehead atoms. The number of fused-ring (bicyclic) bond motifs is 1. The van der Waals surface area contributed by atoms with Gasteiger partial charge in [-0.05, 0) is 12.5 Å². The molecule has 7 heteroatoms. The average Bonchev–Trinajstić information content (AvgIpc) is 2.64. The number of rotatable bonds is 3. The lowest BCUT2D eigenvalue weighted by Crippen LogP contribution is -2.21. The SMILES string of the molecule is Cc1c(C(=O)N(C)C)sc2nc(SC(C)C)nc(Cl)c12. The number of halogens is 1. The lowest BCUT2D eigenvalue weighted by molar-refractivity contribution is 0.0831. The molecular formula is C13H16ClN3OS2. The monoisotopic (exact) mass is 329 g/mol. The van der Waals surface area contributed by atoms with Crippen LogP contribution in [0.15, 0.2) is 5.16 Å². The zero-order valence-electron chi connectivity index (χ0n) is 12.0. The molecule has 2 aromatic heterocycles. The Balaban J connectivity index is 2.59. The molecule has 4 nitrogen and oxygen atoms in total. The molecule has 0 fully saturated rings. The van der Waals surface area contributed by atoms with Crippen molar-refractivity contribution in [1.29, 1.82) is 0 Å². The number of aryl methyl sites for hydroxylation is 1. The van der Waals surface area contributed by atoms with Crippen molar-refractivity contribution >= 4 is 50.8 Å². The molecule has 0 saturated heterocycles. The van der Waals surface area contributed by atoms with Crippen LogP contribution in [0.1, 0.15) is 29.1 Å². The van der Waals surface area contributed by atoms with Gasteiger partial charge in [-0.1, -0.05) is 37.2 Å². The summed E-state index contributed by atoms with van der Waals surface area (Å²) in [6.07, 6.45) is 0. The number of carbonyl (C=O) groups is 1. The summed E-state index contributed by atoms with van der Waals surface area (Å²) in [5, 5.41) is 2.25. The van der Waals surface area contributed by atoms with Crippen LogP contribution < -0.4 is 0 Å².